The van der Waals surface area contributed by atoms with Crippen LogP contribution in [0.4, 0.5) is 5.13 Å². The highest BCUT2D eigenvalue weighted by Gasteiger charge is 2.10. The Bertz CT molecular complexity index is 736. The van der Waals surface area contributed by atoms with Gasteiger partial charge in [0.25, 0.3) is 0 Å². The first-order valence-electron chi connectivity index (χ1n) is 5.96. The summed E-state index contributed by atoms with van der Waals surface area (Å²) in [7, 11) is 1.63. The highest BCUT2D eigenvalue weighted by Crippen LogP contribution is 2.26. The summed E-state index contributed by atoms with van der Waals surface area (Å²) >= 11 is 1.29. The van der Waals surface area contributed by atoms with Crippen LogP contribution in [0.5, 0.6) is 5.75 Å². The summed E-state index contributed by atoms with van der Waals surface area (Å²) in [5, 5.41) is 11.7. The Balaban J connectivity index is 1.82. The van der Waals surface area contributed by atoms with E-state index >= 15 is 0 Å². The molecule has 0 fully saturated rings. The third kappa shape index (κ3) is 2.35. The zero-order valence-electron chi connectivity index (χ0n) is 10.7. The fourth-order valence-corrected chi connectivity index (χ4v) is 2.51. The van der Waals surface area contributed by atoms with E-state index < -0.39 is 0 Å². The van der Waals surface area contributed by atoms with Gasteiger partial charge < -0.3 is 9.30 Å². The molecule has 1 amide bonds. The van der Waals surface area contributed by atoms with E-state index in [0.29, 0.717) is 5.13 Å². The second kappa shape index (κ2) is 5.30. The molecule has 20 heavy (non-hydrogen) atoms. The van der Waals surface area contributed by atoms with Crippen LogP contribution < -0.4 is 10.1 Å². The van der Waals surface area contributed by atoms with Crippen LogP contribution in [0.3, 0.4) is 0 Å². The first kappa shape index (κ1) is 12.6. The summed E-state index contributed by atoms with van der Waals surface area (Å²) in [4.78, 5) is 12.0. The number of carbonyl (C=O) groups is 1. The Hall–Kier alpha value is -2.41. The van der Waals surface area contributed by atoms with Gasteiger partial charge in [0.2, 0.25) is 11.0 Å². The van der Waals surface area contributed by atoms with Crippen molar-refractivity contribution in [1.29, 1.82) is 0 Å². The van der Waals surface area contributed by atoms with E-state index in [1.807, 2.05) is 35.0 Å². The van der Waals surface area contributed by atoms with Gasteiger partial charge in [-0.2, -0.15) is 0 Å². The molecule has 3 aromatic rings. The van der Waals surface area contributed by atoms with Gasteiger partial charge in [-0.1, -0.05) is 17.4 Å². The standard InChI is InChI=1S/C13H12N4O2S/c1-19-11-4-2-3-10-9(11)5-6-17(10)7-12(18)15-13-16-14-8-20-13/h2-6,8H,7H2,1H3,(H,15,16,18). The molecule has 0 radical (unpaired) electrons. The normalized spacial score (nSPS) is 10.7. The van der Waals surface area contributed by atoms with E-state index in [1.54, 1.807) is 12.6 Å². The van der Waals surface area contributed by atoms with E-state index in [9.17, 15) is 4.79 Å². The van der Waals surface area contributed by atoms with Crippen molar-refractivity contribution in [3.05, 3.63) is 36.0 Å². The summed E-state index contributed by atoms with van der Waals surface area (Å²) in [5.41, 5.74) is 2.53. The van der Waals surface area contributed by atoms with Gasteiger partial charge in [0.15, 0.2) is 0 Å². The Labute approximate surface area is 119 Å². The number of nitrogens with one attached hydrogen (secondary N) is 1. The SMILES string of the molecule is COc1cccc2c1ccn2CC(=O)Nc1nncs1. The Morgan fingerprint density at radius 1 is 1.45 bits per heavy atom. The molecule has 3 rings (SSSR count). The number of amides is 1. The first-order valence-corrected chi connectivity index (χ1v) is 6.84. The number of nitrogens with zero attached hydrogens (tertiary/aromatic N) is 3. The molecular weight excluding hydrogens is 276 g/mol. The molecule has 0 spiro atoms. The van der Waals surface area contributed by atoms with Crippen molar-refractivity contribution >= 4 is 33.3 Å². The lowest BCUT2D eigenvalue weighted by Crippen LogP contribution is -2.18. The van der Waals surface area contributed by atoms with Gasteiger partial charge in [0.05, 0.1) is 12.6 Å². The van der Waals surface area contributed by atoms with Crippen molar-refractivity contribution in [3.8, 4) is 5.75 Å². The van der Waals surface area contributed by atoms with Gasteiger partial charge in [-0.05, 0) is 18.2 Å². The third-order valence-corrected chi connectivity index (χ3v) is 3.52. The van der Waals surface area contributed by atoms with E-state index in [0.717, 1.165) is 16.7 Å². The largest absolute Gasteiger partial charge is 0.496 e. The minimum atomic E-state index is -0.137. The maximum Gasteiger partial charge on any atom is 0.246 e. The number of ether oxygens (including phenoxy) is 1. The first-order chi connectivity index (χ1) is 9.78. The van der Waals surface area contributed by atoms with Crippen molar-refractivity contribution in [2.45, 2.75) is 6.54 Å². The van der Waals surface area contributed by atoms with Crippen molar-refractivity contribution in [2.24, 2.45) is 0 Å². The molecule has 1 N–H and O–H groups in total. The number of hydrogen-bond donors (Lipinski definition) is 1. The molecule has 0 unspecified atom stereocenters. The topological polar surface area (TPSA) is 69.0 Å². The average Bonchev–Trinajstić information content (AvgIpc) is 3.09. The minimum absolute atomic E-state index is 0.137. The van der Waals surface area contributed by atoms with Crippen molar-refractivity contribution in [3.63, 3.8) is 0 Å². The maximum absolute atomic E-state index is 12.0. The summed E-state index contributed by atoms with van der Waals surface area (Å²) in [6.45, 7) is 0.218. The molecule has 0 saturated heterocycles. The fraction of sp³-hybridized carbons (Fsp3) is 0.154. The van der Waals surface area contributed by atoms with E-state index in [1.165, 1.54) is 11.3 Å². The van der Waals surface area contributed by atoms with Gasteiger partial charge >= 0.3 is 0 Å². The summed E-state index contributed by atoms with van der Waals surface area (Å²) in [6.07, 6.45) is 1.87. The molecule has 7 heteroatoms. The Morgan fingerprint density at radius 3 is 3.10 bits per heavy atom. The number of hydrogen-bond acceptors (Lipinski definition) is 5. The monoisotopic (exact) mass is 288 g/mol. The van der Waals surface area contributed by atoms with Gasteiger partial charge in [-0.15, -0.1) is 10.2 Å². The number of carbonyl (C=O) groups excluding carboxylic acids is 1. The molecule has 2 aromatic heterocycles. The highest BCUT2D eigenvalue weighted by atomic mass is 32.1. The molecule has 102 valence electrons. The number of anilines is 1. The quantitative estimate of drug-likeness (QED) is 0.798. The molecule has 0 atom stereocenters. The third-order valence-electron chi connectivity index (χ3n) is 2.91. The molecule has 0 saturated carbocycles. The molecule has 0 bridgehead atoms. The second-order valence-corrected chi connectivity index (χ2v) is 4.96. The molecule has 2 heterocycles. The average molecular weight is 288 g/mol. The summed E-state index contributed by atoms with van der Waals surface area (Å²) in [5.74, 6) is 0.660. The molecular formula is C13H12N4O2S. The van der Waals surface area contributed by atoms with E-state index in [-0.39, 0.29) is 12.5 Å². The van der Waals surface area contributed by atoms with Gasteiger partial charge in [-0.3, -0.25) is 10.1 Å². The number of fused-ring (bicyclic) bond motifs is 1. The smallest absolute Gasteiger partial charge is 0.246 e. The van der Waals surface area contributed by atoms with Gasteiger partial charge in [0, 0.05) is 11.6 Å². The minimum Gasteiger partial charge on any atom is -0.496 e. The molecule has 0 aliphatic heterocycles. The lowest BCUT2D eigenvalue weighted by Gasteiger charge is -2.06. The number of rotatable bonds is 4. The highest BCUT2D eigenvalue weighted by molar-refractivity contribution is 7.13. The van der Waals surface area contributed by atoms with Crippen LogP contribution in [-0.2, 0) is 11.3 Å². The van der Waals surface area contributed by atoms with Crippen LogP contribution in [0.1, 0.15) is 0 Å². The number of methoxy groups -OCH3 is 1. The zero-order valence-corrected chi connectivity index (χ0v) is 11.6. The molecule has 0 aliphatic carbocycles. The molecule has 1 aromatic carbocycles. The van der Waals surface area contributed by atoms with Gasteiger partial charge in [0.1, 0.15) is 17.8 Å². The summed E-state index contributed by atoms with van der Waals surface area (Å²) in [6, 6.07) is 7.69. The van der Waals surface area contributed by atoms with Crippen LogP contribution in [0.25, 0.3) is 10.9 Å². The van der Waals surface area contributed by atoms with Gasteiger partial charge in [-0.25, -0.2) is 0 Å². The predicted molar refractivity (Wildman–Crippen MR) is 77.0 cm³/mol. The number of aromatic nitrogens is 3. The molecule has 6 nitrogen and oxygen atoms in total. The van der Waals surface area contributed by atoms with Crippen LogP contribution in [-0.4, -0.2) is 27.8 Å². The Morgan fingerprint density at radius 2 is 2.35 bits per heavy atom. The van der Waals surface area contributed by atoms with E-state index in [2.05, 4.69) is 15.5 Å². The lowest BCUT2D eigenvalue weighted by atomic mass is 10.2. The van der Waals surface area contributed by atoms with Crippen LogP contribution >= 0.6 is 11.3 Å². The zero-order chi connectivity index (χ0) is 13.9. The second-order valence-electron chi connectivity index (χ2n) is 4.13. The van der Waals surface area contributed by atoms with Crippen LogP contribution in [0.2, 0.25) is 0 Å². The predicted octanol–water partition coefficient (Wildman–Crippen LogP) is 2.14. The number of benzene rings is 1. The van der Waals surface area contributed by atoms with Crippen LogP contribution in [0.15, 0.2) is 36.0 Å². The van der Waals surface area contributed by atoms with Crippen molar-refractivity contribution < 1.29 is 9.53 Å². The molecule has 0 aliphatic rings. The van der Waals surface area contributed by atoms with E-state index in [4.69, 9.17) is 4.74 Å². The maximum atomic E-state index is 12.0. The fourth-order valence-electron chi connectivity index (χ4n) is 2.05. The van der Waals surface area contributed by atoms with Crippen LogP contribution in [0, 0.1) is 0 Å². The Kier molecular flexibility index (Phi) is 3.34. The summed E-state index contributed by atoms with van der Waals surface area (Å²) < 4.78 is 7.17. The van der Waals surface area contributed by atoms with Crippen molar-refractivity contribution in [2.75, 3.05) is 12.4 Å². The lowest BCUT2D eigenvalue weighted by molar-refractivity contribution is -0.116. The van der Waals surface area contributed by atoms with Crippen molar-refractivity contribution in [1.82, 2.24) is 14.8 Å².